The molecular weight excluding hydrogens is 260 g/mol. The van der Waals surface area contributed by atoms with E-state index in [1.165, 1.54) is 0 Å². The number of hydrogen-bond acceptors (Lipinski definition) is 5. The number of benzene rings is 1. The standard InChI is InChI=1S/C15H20O5/c1-3-17-9-10-19-12-7-5-11(6-8-12)13-14(20-13)15(16)18-4-2/h5-8,13-14H,3-4,9-10H2,1-2H3. The molecule has 2 atom stereocenters. The molecule has 20 heavy (non-hydrogen) atoms. The second-order valence-corrected chi connectivity index (χ2v) is 4.34. The lowest BCUT2D eigenvalue weighted by Crippen LogP contribution is -2.11. The van der Waals surface area contributed by atoms with Crippen LogP contribution in [0.25, 0.3) is 0 Å². The summed E-state index contributed by atoms with van der Waals surface area (Å²) >= 11 is 0. The van der Waals surface area contributed by atoms with Crippen LogP contribution in [0.2, 0.25) is 0 Å². The Labute approximate surface area is 118 Å². The van der Waals surface area contributed by atoms with E-state index in [1.54, 1.807) is 6.92 Å². The van der Waals surface area contributed by atoms with E-state index >= 15 is 0 Å². The van der Waals surface area contributed by atoms with Gasteiger partial charge in [0.2, 0.25) is 0 Å². The zero-order valence-corrected chi connectivity index (χ0v) is 11.8. The van der Waals surface area contributed by atoms with Crippen LogP contribution >= 0.6 is 0 Å². The van der Waals surface area contributed by atoms with Gasteiger partial charge in [0.1, 0.15) is 18.5 Å². The van der Waals surface area contributed by atoms with Crippen LogP contribution in [0, 0.1) is 0 Å². The maximum Gasteiger partial charge on any atom is 0.338 e. The van der Waals surface area contributed by atoms with Gasteiger partial charge in [0.05, 0.1) is 13.2 Å². The highest BCUT2D eigenvalue weighted by Crippen LogP contribution is 2.39. The van der Waals surface area contributed by atoms with Crippen LogP contribution in [0.3, 0.4) is 0 Å². The van der Waals surface area contributed by atoms with Crippen LogP contribution in [-0.4, -0.2) is 38.5 Å². The van der Waals surface area contributed by atoms with Gasteiger partial charge in [-0.05, 0) is 31.5 Å². The molecule has 0 N–H and O–H groups in total. The molecule has 5 heteroatoms. The molecular formula is C15H20O5. The summed E-state index contributed by atoms with van der Waals surface area (Å²) < 4.78 is 21.0. The zero-order valence-electron chi connectivity index (χ0n) is 11.8. The average molecular weight is 280 g/mol. The normalized spacial score (nSPS) is 20.5. The molecule has 1 saturated heterocycles. The number of carbonyl (C=O) groups excluding carboxylic acids is 1. The summed E-state index contributed by atoms with van der Waals surface area (Å²) in [5.41, 5.74) is 0.959. The fourth-order valence-corrected chi connectivity index (χ4v) is 1.89. The van der Waals surface area contributed by atoms with Gasteiger partial charge in [0.15, 0.2) is 6.10 Å². The molecule has 0 amide bonds. The lowest BCUT2D eigenvalue weighted by atomic mass is 10.1. The fourth-order valence-electron chi connectivity index (χ4n) is 1.89. The molecule has 2 rings (SSSR count). The van der Waals surface area contributed by atoms with Gasteiger partial charge in [-0.2, -0.15) is 0 Å². The molecule has 1 aromatic rings. The molecule has 1 fully saturated rings. The van der Waals surface area contributed by atoms with Gasteiger partial charge in [-0.15, -0.1) is 0 Å². The van der Waals surface area contributed by atoms with Gasteiger partial charge in [-0.3, -0.25) is 0 Å². The molecule has 2 unspecified atom stereocenters. The second-order valence-electron chi connectivity index (χ2n) is 4.34. The Morgan fingerprint density at radius 1 is 1.15 bits per heavy atom. The van der Waals surface area contributed by atoms with Crippen molar-refractivity contribution in [3.63, 3.8) is 0 Å². The maximum absolute atomic E-state index is 11.5. The summed E-state index contributed by atoms with van der Waals surface area (Å²) in [6.45, 7) is 5.90. The number of ether oxygens (including phenoxy) is 4. The van der Waals surface area contributed by atoms with Crippen molar-refractivity contribution < 1.29 is 23.7 Å². The molecule has 1 aliphatic heterocycles. The molecule has 0 spiro atoms. The van der Waals surface area contributed by atoms with Crippen molar-refractivity contribution in [2.45, 2.75) is 26.1 Å². The Morgan fingerprint density at radius 3 is 2.55 bits per heavy atom. The maximum atomic E-state index is 11.5. The van der Waals surface area contributed by atoms with Crippen molar-refractivity contribution in [3.05, 3.63) is 29.8 Å². The summed E-state index contributed by atoms with van der Waals surface area (Å²) in [6, 6.07) is 7.54. The van der Waals surface area contributed by atoms with Crippen molar-refractivity contribution in [3.8, 4) is 5.75 Å². The van der Waals surface area contributed by atoms with Crippen LogP contribution in [0.15, 0.2) is 24.3 Å². The molecule has 1 heterocycles. The molecule has 0 saturated carbocycles. The summed E-state index contributed by atoms with van der Waals surface area (Å²) in [6.07, 6.45) is -0.647. The number of epoxide rings is 1. The Balaban J connectivity index is 1.79. The largest absolute Gasteiger partial charge is 0.491 e. The SMILES string of the molecule is CCOCCOc1ccc(C2OC2C(=O)OCC)cc1. The first-order valence-electron chi connectivity index (χ1n) is 6.88. The lowest BCUT2D eigenvalue weighted by molar-refractivity contribution is -0.144. The Morgan fingerprint density at radius 2 is 1.90 bits per heavy atom. The van der Waals surface area contributed by atoms with Gasteiger partial charge < -0.3 is 18.9 Å². The minimum Gasteiger partial charge on any atom is -0.491 e. The summed E-state index contributed by atoms with van der Waals surface area (Å²) in [4.78, 5) is 11.5. The van der Waals surface area contributed by atoms with Gasteiger partial charge >= 0.3 is 5.97 Å². The average Bonchev–Trinajstić information content (AvgIpc) is 3.25. The topological polar surface area (TPSA) is 57.3 Å². The Kier molecular flexibility index (Phi) is 5.38. The number of hydrogen-bond donors (Lipinski definition) is 0. The van der Waals surface area contributed by atoms with E-state index in [4.69, 9.17) is 18.9 Å². The van der Waals surface area contributed by atoms with Crippen molar-refractivity contribution in [2.24, 2.45) is 0 Å². The smallest absolute Gasteiger partial charge is 0.338 e. The molecule has 0 aliphatic carbocycles. The summed E-state index contributed by atoms with van der Waals surface area (Å²) in [5.74, 6) is 0.483. The van der Waals surface area contributed by atoms with Crippen LogP contribution in [0.5, 0.6) is 5.75 Å². The molecule has 0 bridgehead atoms. The van der Waals surface area contributed by atoms with Gasteiger partial charge in [-0.1, -0.05) is 12.1 Å². The van der Waals surface area contributed by atoms with Crippen LogP contribution in [0.4, 0.5) is 0 Å². The first-order valence-corrected chi connectivity index (χ1v) is 6.88. The number of carbonyl (C=O) groups is 1. The summed E-state index contributed by atoms with van der Waals surface area (Å²) in [7, 11) is 0. The summed E-state index contributed by atoms with van der Waals surface area (Å²) in [5, 5.41) is 0. The van der Waals surface area contributed by atoms with Crippen LogP contribution < -0.4 is 4.74 Å². The lowest BCUT2D eigenvalue weighted by Gasteiger charge is -2.06. The molecule has 5 nitrogen and oxygen atoms in total. The first kappa shape index (κ1) is 14.8. The monoisotopic (exact) mass is 280 g/mol. The van der Waals surface area contributed by atoms with Crippen molar-refractivity contribution >= 4 is 5.97 Å². The second kappa shape index (κ2) is 7.26. The molecule has 1 aromatic carbocycles. The third-order valence-corrected chi connectivity index (χ3v) is 2.92. The molecule has 1 aliphatic rings. The number of esters is 1. The van der Waals surface area contributed by atoms with E-state index in [1.807, 2.05) is 31.2 Å². The van der Waals surface area contributed by atoms with Gasteiger partial charge in [0, 0.05) is 6.61 Å². The minimum atomic E-state index is -0.459. The van der Waals surface area contributed by atoms with Crippen LogP contribution in [-0.2, 0) is 19.0 Å². The van der Waals surface area contributed by atoms with E-state index in [-0.39, 0.29) is 12.1 Å². The highest BCUT2D eigenvalue weighted by atomic mass is 16.6. The first-order chi connectivity index (χ1) is 9.76. The highest BCUT2D eigenvalue weighted by Gasteiger charge is 2.47. The predicted molar refractivity (Wildman–Crippen MR) is 72.7 cm³/mol. The number of rotatable bonds is 8. The third kappa shape index (κ3) is 3.95. The van der Waals surface area contributed by atoms with E-state index in [0.29, 0.717) is 26.4 Å². The van der Waals surface area contributed by atoms with Gasteiger partial charge in [-0.25, -0.2) is 4.79 Å². The predicted octanol–water partition coefficient (Wildman–Crippen LogP) is 2.10. The van der Waals surface area contributed by atoms with Crippen molar-refractivity contribution in [1.82, 2.24) is 0 Å². The van der Waals surface area contributed by atoms with E-state index in [2.05, 4.69) is 0 Å². The fraction of sp³-hybridized carbons (Fsp3) is 0.533. The van der Waals surface area contributed by atoms with Gasteiger partial charge in [0.25, 0.3) is 0 Å². The molecule has 110 valence electrons. The Bertz CT molecular complexity index is 428. The zero-order chi connectivity index (χ0) is 14.4. The van der Waals surface area contributed by atoms with E-state index < -0.39 is 6.10 Å². The quantitative estimate of drug-likeness (QED) is 0.414. The van der Waals surface area contributed by atoms with Crippen molar-refractivity contribution in [2.75, 3.05) is 26.4 Å². The highest BCUT2D eigenvalue weighted by molar-refractivity contribution is 5.78. The minimum absolute atomic E-state index is 0.188. The van der Waals surface area contributed by atoms with E-state index in [0.717, 1.165) is 11.3 Å². The molecule has 0 aromatic heterocycles. The van der Waals surface area contributed by atoms with Crippen molar-refractivity contribution in [1.29, 1.82) is 0 Å². The van der Waals surface area contributed by atoms with Crippen LogP contribution in [0.1, 0.15) is 25.5 Å². The Hall–Kier alpha value is -1.59. The van der Waals surface area contributed by atoms with E-state index in [9.17, 15) is 4.79 Å². The molecule has 0 radical (unpaired) electrons. The third-order valence-electron chi connectivity index (χ3n) is 2.92.